The van der Waals surface area contributed by atoms with Gasteiger partial charge in [0.25, 0.3) is 0 Å². The van der Waals surface area contributed by atoms with E-state index in [0.717, 1.165) is 12.8 Å². The molecule has 0 saturated heterocycles. The van der Waals surface area contributed by atoms with Gasteiger partial charge < -0.3 is 10.7 Å². The van der Waals surface area contributed by atoms with Crippen LogP contribution >= 0.6 is 0 Å². The van der Waals surface area contributed by atoms with Crippen LogP contribution in [0.5, 0.6) is 0 Å². The molecular formula is C13H14N2. The lowest BCUT2D eigenvalue weighted by molar-refractivity contribution is 0.716. The molecule has 1 aliphatic rings. The number of nitrogens with two attached hydrogens (primary N) is 1. The van der Waals surface area contributed by atoms with E-state index >= 15 is 0 Å². The van der Waals surface area contributed by atoms with Crippen LogP contribution in [0.3, 0.4) is 0 Å². The van der Waals surface area contributed by atoms with Crippen molar-refractivity contribution in [1.82, 2.24) is 4.98 Å². The molecule has 1 aromatic heterocycles. The first-order valence-corrected chi connectivity index (χ1v) is 5.32. The van der Waals surface area contributed by atoms with Crippen LogP contribution in [-0.2, 0) is 5.54 Å². The lowest BCUT2D eigenvalue weighted by Gasteiger charge is -2.10. The van der Waals surface area contributed by atoms with E-state index < -0.39 is 0 Å². The maximum absolute atomic E-state index is 6.22. The highest BCUT2D eigenvalue weighted by molar-refractivity contribution is 5.68. The molecule has 1 heterocycles. The first kappa shape index (κ1) is 8.74. The van der Waals surface area contributed by atoms with Gasteiger partial charge in [0.1, 0.15) is 0 Å². The molecular weight excluding hydrogens is 184 g/mol. The van der Waals surface area contributed by atoms with Gasteiger partial charge in [-0.1, -0.05) is 30.3 Å². The minimum absolute atomic E-state index is 0.0886. The number of aromatic nitrogens is 1. The van der Waals surface area contributed by atoms with Crippen LogP contribution in [0.1, 0.15) is 18.5 Å². The SMILES string of the molecule is NC1(c2[nH]ccc2-c2ccccc2)CC1. The largest absolute Gasteiger partial charge is 0.363 e. The zero-order chi connectivity index (χ0) is 10.3. The number of hydrogen-bond donors (Lipinski definition) is 2. The molecule has 1 saturated carbocycles. The fourth-order valence-electron chi connectivity index (χ4n) is 2.02. The van der Waals surface area contributed by atoms with Crippen molar-refractivity contribution in [2.24, 2.45) is 5.73 Å². The second kappa shape index (κ2) is 2.97. The molecule has 1 fully saturated rings. The first-order chi connectivity index (χ1) is 7.30. The van der Waals surface area contributed by atoms with Gasteiger partial charge in [0.15, 0.2) is 0 Å². The highest BCUT2D eigenvalue weighted by atomic mass is 14.9. The molecule has 2 aromatic rings. The van der Waals surface area contributed by atoms with Crippen LogP contribution in [0.15, 0.2) is 42.6 Å². The molecule has 0 unspecified atom stereocenters. The molecule has 0 atom stereocenters. The van der Waals surface area contributed by atoms with Gasteiger partial charge in [0.05, 0.1) is 5.54 Å². The van der Waals surface area contributed by atoms with Gasteiger partial charge in [-0.15, -0.1) is 0 Å². The Morgan fingerprint density at radius 3 is 2.47 bits per heavy atom. The van der Waals surface area contributed by atoms with E-state index in [-0.39, 0.29) is 5.54 Å². The van der Waals surface area contributed by atoms with Crippen LogP contribution in [0.4, 0.5) is 0 Å². The monoisotopic (exact) mass is 198 g/mol. The molecule has 0 spiro atoms. The van der Waals surface area contributed by atoms with Gasteiger partial charge in [0.2, 0.25) is 0 Å². The molecule has 3 N–H and O–H groups in total. The highest BCUT2D eigenvalue weighted by Gasteiger charge is 2.42. The third kappa shape index (κ3) is 1.38. The second-order valence-corrected chi connectivity index (χ2v) is 4.29. The molecule has 2 nitrogen and oxygen atoms in total. The first-order valence-electron chi connectivity index (χ1n) is 5.32. The van der Waals surface area contributed by atoms with Gasteiger partial charge in [-0.3, -0.25) is 0 Å². The Morgan fingerprint density at radius 2 is 1.80 bits per heavy atom. The van der Waals surface area contributed by atoms with E-state index in [0.29, 0.717) is 0 Å². The molecule has 2 heteroatoms. The zero-order valence-corrected chi connectivity index (χ0v) is 8.53. The maximum atomic E-state index is 6.22. The average Bonchev–Trinajstić information content (AvgIpc) is 2.85. The standard InChI is InChI=1S/C13H14N2/c14-13(7-8-13)12-11(6-9-15-12)10-4-2-1-3-5-10/h1-6,9,15H,7-8,14H2. The van der Waals surface area contributed by atoms with Crippen molar-refractivity contribution < 1.29 is 0 Å². The van der Waals surface area contributed by atoms with Gasteiger partial charge in [-0.2, -0.15) is 0 Å². The van der Waals surface area contributed by atoms with Crippen LogP contribution in [0.25, 0.3) is 11.1 Å². The molecule has 1 aromatic carbocycles. The lowest BCUT2D eigenvalue weighted by Crippen LogP contribution is -2.19. The summed E-state index contributed by atoms with van der Waals surface area (Å²) in [6.45, 7) is 0. The van der Waals surface area contributed by atoms with Crippen LogP contribution in [0, 0.1) is 0 Å². The average molecular weight is 198 g/mol. The fourth-order valence-corrected chi connectivity index (χ4v) is 2.02. The second-order valence-electron chi connectivity index (χ2n) is 4.29. The van der Waals surface area contributed by atoms with Crippen LogP contribution in [0.2, 0.25) is 0 Å². The van der Waals surface area contributed by atoms with Gasteiger partial charge in [-0.05, 0) is 24.5 Å². The van der Waals surface area contributed by atoms with E-state index in [2.05, 4.69) is 35.3 Å². The molecule has 0 radical (unpaired) electrons. The minimum Gasteiger partial charge on any atom is -0.363 e. The smallest absolute Gasteiger partial charge is 0.0569 e. The molecule has 0 bridgehead atoms. The normalized spacial score (nSPS) is 17.7. The molecule has 76 valence electrons. The molecule has 1 aliphatic carbocycles. The van der Waals surface area contributed by atoms with Gasteiger partial charge in [-0.25, -0.2) is 0 Å². The summed E-state index contributed by atoms with van der Waals surface area (Å²) in [4.78, 5) is 3.28. The number of rotatable bonds is 2. The van der Waals surface area contributed by atoms with Crippen LogP contribution < -0.4 is 5.73 Å². The Labute approximate surface area is 89.1 Å². The van der Waals surface area contributed by atoms with E-state index in [1.807, 2.05) is 12.3 Å². The Bertz CT molecular complexity index is 466. The minimum atomic E-state index is -0.0886. The Balaban J connectivity index is 2.10. The Kier molecular flexibility index (Phi) is 1.73. The Hall–Kier alpha value is -1.54. The van der Waals surface area contributed by atoms with Gasteiger partial charge >= 0.3 is 0 Å². The van der Waals surface area contributed by atoms with Crippen molar-refractivity contribution >= 4 is 0 Å². The zero-order valence-electron chi connectivity index (χ0n) is 8.53. The van der Waals surface area contributed by atoms with E-state index in [1.165, 1.54) is 16.8 Å². The van der Waals surface area contributed by atoms with Crippen molar-refractivity contribution in [3.8, 4) is 11.1 Å². The molecule has 15 heavy (non-hydrogen) atoms. The maximum Gasteiger partial charge on any atom is 0.0569 e. The fraction of sp³-hybridized carbons (Fsp3) is 0.231. The number of aromatic amines is 1. The van der Waals surface area contributed by atoms with E-state index in [4.69, 9.17) is 5.73 Å². The quantitative estimate of drug-likeness (QED) is 0.765. The van der Waals surface area contributed by atoms with Crippen molar-refractivity contribution in [3.63, 3.8) is 0 Å². The lowest BCUT2D eigenvalue weighted by atomic mass is 10.0. The third-order valence-electron chi connectivity index (χ3n) is 3.12. The summed E-state index contributed by atoms with van der Waals surface area (Å²) in [6, 6.07) is 12.5. The summed E-state index contributed by atoms with van der Waals surface area (Å²) in [7, 11) is 0. The van der Waals surface area contributed by atoms with Gasteiger partial charge in [0, 0.05) is 17.5 Å². The van der Waals surface area contributed by atoms with Crippen molar-refractivity contribution in [1.29, 1.82) is 0 Å². The van der Waals surface area contributed by atoms with Crippen molar-refractivity contribution in [3.05, 3.63) is 48.3 Å². The topological polar surface area (TPSA) is 41.8 Å². The summed E-state index contributed by atoms with van der Waals surface area (Å²) in [5.41, 5.74) is 9.81. The summed E-state index contributed by atoms with van der Waals surface area (Å²) < 4.78 is 0. The molecule has 3 rings (SSSR count). The van der Waals surface area contributed by atoms with Crippen molar-refractivity contribution in [2.45, 2.75) is 18.4 Å². The van der Waals surface area contributed by atoms with E-state index in [9.17, 15) is 0 Å². The van der Waals surface area contributed by atoms with E-state index in [1.54, 1.807) is 0 Å². The number of hydrogen-bond acceptors (Lipinski definition) is 1. The van der Waals surface area contributed by atoms with Crippen molar-refractivity contribution in [2.75, 3.05) is 0 Å². The summed E-state index contributed by atoms with van der Waals surface area (Å²) >= 11 is 0. The summed E-state index contributed by atoms with van der Waals surface area (Å²) in [5, 5.41) is 0. The summed E-state index contributed by atoms with van der Waals surface area (Å²) in [5.74, 6) is 0. The predicted molar refractivity (Wildman–Crippen MR) is 61.3 cm³/mol. The van der Waals surface area contributed by atoms with Crippen LogP contribution in [-0.4, -0.2) is 4.98 Å². The highest BCUT2D eigenvalue weighted by Crippen LogP contribution is 2.45. The number of benzene rings is 1. The summed E-state index contributed by atoms with van der Waals surface area (Å²) in [6.07, 6.45) is 4.16. The molecule has 0 aliphatic heterocycles. The number of nitrogens with one attached hydrogen (secondary N) is 1. The predicted octanol–water partition coefficient (Wildman–Crippen LogP) is 2.63. The Morgan fingerprint density at radius 1 is 1.07 bits per heavy atom. The number of H-pyrrole nitrogens is 1. The third-order valence-corrected chi connectivity index (χ3v) is 3.12. The molecule has 0 amide bonds.